The molecule has 0 unspecified atom stereocenters. The van der Waals surface area contributed by atoms with Crippen molar-refractivity contribution in [1.29, 1.82) is 0 Å². The monoisotopic (exact) mass is 386 g/mol. The second kappa shape index (κ2) is 9.33. The average molecular weight is 387 g/mol. The molecule has 150 valence electrons. The summed E-state index contributed by atoms with van der Waals surface area (Å²) in [4.78, 5) is 0. The molecule has 0 fully saturated rings. The van der Waals surface area contributed by atoms with Crippen LogP contribution in [0.2, 0.25) is 0 Å². The number of hydrogen-bond acceptors (Lipinski definition) is 3. The van der Waals surface area contributed by atoms with Crippen LogP contribution in [0.3, 0.4) is 0 Å². The number of fused-ring (bicyclic) bond motifs is 1. The van der Waals surface area contributed by atoms with Gasteiger partial charge in [0.15, 0.2) is 0 Å². The second-order valence-corrected chi connectivity index (χ2v) is 7.67. The van der Waals surface area contributed by atoms with Crippen LogP contribution in [0.15, 0.2) is 84.9 Å². The lowest BCUT2D eigenvalue weighted by Crippen LogP contribution is -2.31. The fraction of sp³-hybridized carbons (Fsp3) is 0.231. The maximum absolute atomic E-state index is 5.52. The van der Waals surface area contributed by atoms with Crippen LogP contribution in [0.5, 0.6) is 5.75 Å². The summed E-state index contributed by atoms with van der Waals surface area (Å²) < 4.78 is 5.52. The molecular weight excluding hydrogens is 356 g/mol. The van der Waals surface area contributed by atoms with Crippen molar-refractivity contribution in [3.8, 4) is 5.75 Å². The third kappa shape index (κ3) is 5.89. The van der Waals surface area contributed by atoms with Crippen LogP contribution < -0.4 is 15.4 Å². The van der Waals surface area contributed by atoms with E-state index in [1.54, 1.807) is 0 Å². The number of hydrogen-bond donors (Lipinski definition) is 2. The number of ether oxygens (including phenoxy) is 1. The Kier molecular flexibility index (Phi) is 6.61. The molecule has 2 N–H and O–H groups in total. The Balaban J connectivity index is 0.000000169. The molecule has 0 spiro atoms. The maximum Gasteiger partial charge on any atom is 0.120 e. The number of rotatable bonds is 4. The lowest BCUT2D eigenvalue weighted by molar-refractivity contribution is 0.340. The van der Waals surface area contributed by atoms with Gasteiger partial charge in [0.25, 0.3) is 0 Å². The Hall–Kier alpha value is -3.20. The van der Waals surface area contributed by atoms with Gasteiger partial charge in [-0.2, -0.15) is 0 Å². The molecule has 1 aliphatic rings. The highest BCUT2D eigenvalue weighted by Crippen LogP contribution is 2.35. The quantitative estimate of drug-likeness (QED) is 0.501. The standard InChI is InChI=1S/C14H19NO.C12H11N/c1-5-16-11-6-7-13-12(8-11)10(2)9-14(3,4)15-13;1-3-7-11(8-4-1)13-12-9-5-2-6-10-12/h6-9,15H,5H2,1-4H3;1-10,13H. The first-order valence-electron chi connectivity index (χ1n) is 10.1. The molecule has 0 atom stereocenters. The first-order valence-corrected chi connectivity index (χ1v) is 10.1. The highest BCUT2D eigenvalue weighted by molar-refractivity contribution is 5.80. The van der Waals surface area contributed by atoms with Crippen molar-refractivity contribution in [3.05, 3.63) is 90.5 Å². The minimum absolute atomic E-state index is 0.0320. The van der Waals surface area contributed by atoms with Gasteiger partial charge in [-0.05, 0) is 75.7 Å². The topological polar surface area (TPSA) is 33.3 Å². The summed E-state index contributed by atoms with van der Waals surface area (Å²) in [5.41, 5.74) is 6.01. The Bertz CT molecular complexity index is 909. The van der Waals surface area contributed by atoms with Gasteiger partial charge in [0.2, 0.25) is 0 Å². The van der Waals surface area contributed by atoms with Crippen LogP contribution in [-0.2, 0) is 0 Å². The molecule has 1 aliphatic heterocycles. The molecule has 0 saturated heterocycles. The van der Waals surface area contributed by atoms with E-state index in [1.807, 2.05) is 73.7 Å². The van der Waals surface area contributed by atoms with E-state index < -0.39 is 0 Å². The Morgan fingerprint density at radius 1 is 0.862 bits per heavy atom. The molecule has 29 heavy (non-hydrogen) atoms. The van der Waals surface area contributed by atoms with Crippen molar-refractivity contribution in [3.63, 3.8) is 0 Å². The SMILES string of the molecule is CCOc1ccc2c(c1)C(C)=CC(C)(C)N2.c1ccc(Nc2ccccc2)cc1. The van der Waals surface area contributed by atoms with Crippen LogP contribution in [0, 0.1) is 0 Å². The number of nitrogens with one attached hydrogen (secondary N) is 2. The highest BCUT2D eigenvalue weighted by Gasteiger charge is 2.22. The van der Waals surface area contributed by atoms with Crippen LogP contribution in [0.4, 0.5) is 17.1 Å². The molecule has 3 heteroatoms. The summed E-state index contributed by atoms with van der Waals surface area (Å²) in [5, 5.41) is 6.81. The van der Waals surface area contributed by atoms with Crippen LogP contribution in [0.1, 0.15) is 33.3 Å². The van der Waals surface area contributed by atoms with E-state index in [0.29, 0.717) is 6.61 Å². The van der Waals surface area contributed by atoms with Crippen molar-refractivity contribution in [1.82, 2.24) is 0 Å². The zero-order chi connectivity index (χ0) is 20.7. The molecule has 3 aromatic carbocycles. The van der Waals surface area contributed by atoms with Gasteiger partial charge in [0.05, 0.1) is 12.1 Å². The largest absolute Gasteiger partial charge is 0.494 e. The summed E-state index contributed by atoms with van der Waals surface area (Å²) in [7, 11) is 0. The summed E-state index contributed by atoms with van der Waals surface area (Å²) in [5.74, 6) is 0.940. The van der Waals surface area contributed by atoms with E-state index >= 15 is 0 Å². The van der Waals surface area contributed by atoms with Crippen LogP contribution >= 0.6 is 0 Å². The summed E-state index contributed by atoms with van der Waals surface area (Å²) in [6, 6.07) is 26.5. The van der Waals surface area contributed by atoms with Gasteiger partial charge in [-0.25, -0.2) is 0 Å². The fourth-order valence-electron chi connectivity index (χ4n) is 3.43. The van der Waals surface area contributed by atoms with Gasteiger partial charge >= 0.3 is 0 Å². The molecule has 0 bridgehead atoms. The minimum atomic E-state index is 0.0320. The number of allylic oxidation sites excluding steroid dienone is 1. The van der Waals surface area contributed by atoms with Gasteiger partial charge in [-0.3, -0.25) is 0 Å². The van der Waals surface area contributed by atoms with Gasteiger partial charge in [-0.15, -0.1) is 0 Å². The molecule has 4 rings (SSSR count). The lowest BCUT2D eigenvalue weighted by atomic mass is 9.91. The molecule has 0 aliphatic carbocycles. The first kappa shape index (κ1) is 20.5. The molecule has 0 amide bonds. The Labute approximate surface area is 174 Å². The van der Waals surface area contributed by atoms with Crippen molar-refractivity contribution < 1.29 is 4.74 Å². The highest BCUT2D eigenvalue weighted by atomic mass is 16.5. The van der Waals surface area contributed by atoms with E-state index in [-0.39, 0.29) is 5.54 Å². The van der Waals surface area contributed by atoms with Crippen molar-refractivity contribution in [2.45, 2.75) is 33.2 Å². The zero-order valence-electron chi connectivity index (χ0n) is 17.7. The van der Waals surface area contributed by atoms with E-state index in [4.69, 9.17) is 4.74 Å². The van der Waals surface area contributed by atoms with E-state index in [0.717, 1.165) is 17.1 Å². The maximum atomic E-state index is 5.52. The minimum Gasteiger partial charge on any atom is -0.494 e. The molecular formula is C26H30N2O. The Morgan fingerprint density at radius 3 is 2.00 bits per heavy atom. The van der Waals surface area contributed by atoms with Gasteiger partial charge in [-0.1, -0.05) is 42.5 Å². The second-order valence-electron chi connectivity index (χ2n) is 7.67. The molecule has 1 heterocycles. The van der Waals surface area contributed by atoms with Gasteiger partial charge in [0.1, 0.15) is 5.75 Å². The predicted octanol–water partition coefficient (Wildman–Crippen LogP) is 7.12. The molecule has 0 radical (unpaired) electrons. The number of benzene rings is 3. The smallest absolute Gasteiger partial charge is 0.120 e. The average Bonchev–Trinajstić information content (AvgIpc) is 2.70. The molecule has 3 nitrogen and oxygen atoms in total. The van der Waals surface area contributed by atoms with Crippen LogP contribution in [0.25, 0.3) is 5.57 Å². The van der Waals surface area contributed by atoms with Crippen LogP contribution in [-0.4, -0.2) is 12.1 Å². The van der Waals surface area contributed by atoms with E-state index in [2.05, 4.69) is 49.6 Å². The predicted molar refractivity (Wildman–Crippen MR) is 125 cm³/mol. The summed E-state index contributed by atoms with van der Waals surface area (Å²) in [6.07, 6.45) is 2.26. The molecule has 0 saturated carbocycles. The van der Waals surface area contributed by atoms with Gasteiger partial charge < -0.3 is 15.4 Å². The normalized spacial score (nSPS) is 13.7. The zero-order valence-corrected chi connectivity index (χ0v) is 17.7. The summed E-state index contributed by atoms with van der Waals surface area (Å²) in [6.45, 7) is 9.22. The van der Waals surface area contributed by atoms with Crippen molar-refractivity contribution >= 4 is 22.6 Å². The molecule has 0 aromatic heterocycles. The van der Waals surface area contributed by atoms with Crippen molar-refractivity contribution in [2.75, 3.05) is 17.2 Å². The number of para-hydroxylation sites is 2. The lowest BCUT2D eigenvalue weighted by Gasteiger charge is -2.31. The Morgan fingerprint density at radius 2 is 1.45 bits per heavy atom. The number of anilines is 3. The van der Waals surface area contributed by atoms with Gasteiger partial charge in [0, 0.05) is 22.6 Å². The third-order valence-electron chi connectivity index (χ3n) is 4.60. The third-order valence-corrected chi connectivity index (χ3v) is 4.60. The van der Waals surface area contributed by atoms with Crippen molar-refractivity contribution in [2.24, 2.45) is 0 Å². The fourth-order valence-corrected chi connectivity index (χ4v) is 3.43. The summed E-state index contributed by atoms with van der Waals surface area (Å²) >= 11 is 0. The van der Waals surface area contributed by atoms with E-state index in [1.165, 1.54) is 16.8 Å². The van der Waals surface area contributed by atoms with E-state index in [9.17, 15) is 0 Å². The molecule has 3 aromatic rings. The first-order chi connectivity index (χ1) is 14.0.